The standard InChI is InChI=1S/C17H12F4O3.C17H12F4O2/c18-15-9-13(23-16(22)11-1-2-11)7-8-14(15)10-3-5-12(6-4-10)24-17(19,20)21;18-15-9-13(23-16(22)10-4-5-10)6-7-14(15)11-2-1-3-12(8-11)17(19,20)21/h3-9,11H,1-2H2;1-3,6-10H,4-5H2. The van der Waals surface area contributed by atoms with Crippen molar-refractivity contribution in [3.05, 3.63) is 102 Å². The second kappa shape index (κ2) is 13.4. The first kappa shape index (κ1) is 33.4. The van der Waals surface area contributed by atoms with E-state index >= 15 is 0 Å². The Kier molecular flexibility index (Phi) is 9.55. The van der Waals surface area contributed by atoms with E-state index in [1.165, 1.54) is 48.5 Å². The molecule has 0 radical (unpaired) electrons. The van der Waals surface area contributed by atoms with Crippen LogP contribution in [0.5, 0.6) is 17.2 Å². The van der Waals surface area contributed by atoms with Crippen molar-refractivity contribution in [2.45, 2.75) is 38.2 Å². The van der Waals surface area contributed by atoms with Crippen molar-refractivity contribution in [1.82, 2.24) is 0 Å². The number of benzene rings is 4. The van der Waals surface area contributed by atoms with E-state index in [1.54, 1.807) is 0 Å². The molecule has 0 aliphatic heterocycles. The third-order valence-corrected chi connectivity index (χ3v) is 7.04. The molecule has 4 aromatic carbocycles. The molecule has 0 bridgehead atoms. The van der Waals surface area contributed by atoms with Gasteiger partial charge in [-0.2, -0.15) is 13.2 Å². The lowest BCUT2D eigenvalue weighted by Gasteiger charge is -2.10. The number of hydrogen-bond donors (Lipinski definition) is 0. The highest BCUT2D eigenvalue weighted by molar-refractivity contribution is 5.78. The van der Waals surface area contributed by atoms with Crippen molar-refractivity contribution in [3.63, 3.8) is 0 Å². The van der Waals surface area contributed by atoms with Crippen molar-refractivity contribution < 1.29 is 58.9 Å². The highest BCUT2D eigenvalue weighted by Gasteiger charge is 2.33. The van der Waals surface area contributed by atoms with Gasteiger partial charge in [-0.05, 0) is 85.3 Å². The molecule has 4 aromatic rings. The van der Waals surface area contributed by atoms with Crippen molar-refractivity contribution in [2.75, 3.05) is 0 Å². The largest absolute Gasteiger partial charge is 0.573 e. The van der Waals surface area contributed by atoms with Gasteiger partial charge in [0.25, 0.3) is 0 Å². The van der Waals surface area contributed by atoms with Crippen LogP contribution in [0.4, 0.5) is 35.1 Å². The zero-order valence-electron chi connectivity index (χ0n) is 24.1. The molecule has 0 saturated heterocycles. The molecule has 0 heterocycles. The number of esters is 2. The minimum Gasteiger partial charge on any atom is -0.426 e. The molecule has 0 amide bonds. The van der Waals surface area contributed by atoms with E-state index in [2.05, 4.69) is 4.74 Å². The molecule has 0 atom stereocenters. The Labute approximate surface area is 262 Å². The molecule has 2 aliphatic rings. The molecule has 0 aromatic heterocycles. The van der Waals surface area contributed by atoms with Gasteiger partial charge in [0, 0.05) is 23.3 Å². The molecule has 13 heteroatoms. The average Bonchev–Trinajstić information content (AvgIpc) is 3.91. The van der Waals surface area contributed by atoms with Crippen LogP contribution in [0, 0.1) is 23.5 Å². The topological polar surface area (TPSA) is 61.8 Å². The summed E-state index contributed by atoms with van der Waals surface area (Å²) in [6.45, 7) is 0. The lowest BCUT2D eigenvalue weighted by atomic mass is 10.0. The zero-order valence-corrected chi connectivity index (χ0v) is 24.1. The number of carbonyl (C=O) groups is 2. The molecule has 2 aliphatic carbocycles. The molecular formula is C34H24F8O5. The molecule has 246 valence electrons. The van der Waals surface area contributed by atoms with E-state index < -0.39 is 35.7 Å². The van der Waals surface area contributed by atoms with Gasteiger partial charge >= 0.3 is 24.5 Å². The van der Waals surface area contributed by atoms with Gasteiger partial charge in [0.1, 0.15) is 28.9 Å². The third kappa shape index (κ3) is 9.30. The van der Waals surface area contributed by atoms with Gasteiger partial charge in [0.05, 0.1) is 17.4 Å². The maximum absolute atomic E-state index is 14.2. The normalized spacial score (nSPS) is 14.5. The van der Waals surface area contributed by atoms with Crippen molar-refractivity contribution in [2.24, 2.45) is 11.8 Å². The fourth-order valence-electron chi connectivity index (χ4n) is 4.32. The summed E-state index contributed by atoms with van der Waals surface area (Å²) >= 11 is 0. The van der Waals surface area contributed by atoms with Crippen molar-refractivity contribution in [1.29, 1.82) is 0 Å². The number of alkyl halides is 6. The third-order valence-electron chi connectivity index (χ3n) is 7.04. The van der Waals surface area contributed by atoms with Gasteiger partial charge in [0.2, 0.25) is 0 Å². The Balaban J connectivity index is 0.000000185. The highest BCUT2D eigenvalue weighted by atomic mass is 19.4. The van der Waals surface area contributed by atoms with Crippen LogP contribution in [0.25, 0.3) is 22.3 Å². The number of halogens is 8. The Morgan fingerprint density at radius 2 is 1.04 bits per heavy atom. The number of carbonyl (C=O) groups excluding carboxylic acids is 2. The minimum absolute atomic E-state index is 0.0160. The quantitative estimate of drug-likeness (QED) is 0.112. The zero-order chi connectivity index (χ0) is 33.9. The summed E-state index contributed by atoms with van der Waals surface area (Å²) < 4.78 is 117. The Morgan fingerprint density at radius 3 is 1.47 bits per heavy atom. The first-order valence-corrected chi connectivity index (χ1v) is 14.2. The summed E-state index contributed by atoms with van der Waals surface area (Å²) in [6.07, 6.45) is -6.17. The monoisotopic (exact) mass is 664 g/mol. The molecule has 0 unspecified atom stereocenters. The minimum atomic E-state index is -4.78. The smallest absolute Gasteiger partial charge is 0.426 e. The lowest BCUT2D eigenvalue weighted by Crippen LogP contribution is -2.16. The van der Waals surface area contributed by atoms with Crippen LogP contribution in [0.2, 0.25) is 0 Å². The molecule has 2 fully saturated rings. The van der Waals surface area contributed by atoms with Crippen LogP contribution < -0.4 is 14.2 Å². The summed E-state index contributed by atoms with van der Waals surface area (Å²) in [5.41, 5.74) is -0.166. The van der Waals surface area contributed by atoms with Crippen LogP contribution in [0.3, 0.4) is 0 Å². The predicted molar refractivity (Wildman–Crippen MR) is 152 cm³/mol. The summed E-state index contributed by atoms with van der Waals surface area (Å²) in [5, 5.41) is 0. The second-order valence-electron chi connectivity index (χ2n) is 10.8. The highest BCUT2D eigenvalue weighted by Crippen LogP contribution is 2.36. The molecule has 6 rings (SSSR count). The average molecular weight is 665 g/mol. The van der Waals surface area contributed by atoms with Crippen LogP contribution in [-0.2, 0) is 15.8 Å². The van der Waals surface area contributed by atoms with Gasteiger partial charge in [-0.25, -0.2) is 8.78 Å². The van der Waals surface area contributed by atoms with Crippen LogP contribution in [0.15, 0.2) is 84.9 Å². The number of rotatable bonds is 7. The Bertz CT molecular complexity index is 1760. The first-order valence-electron chi connectivity index (χ1n) is 14.2. The Morgan fingerprint density at radius 1 is 0.574 bits per heavy atom. The summed E-state index contributed by atoms with van der Waals surface area (Å²) in [4.78, 5) is 23.1. The van der Waals surface area contributed by atoms with Crippen LogP contribution in [0.1, 0.15) is 31.2 Å². The molecule has 0 N–H and O–H groups in total. The maximum Gasteiger partial charge on any atom is 0.573 e. The number of ether oxygens (including phenoxy) is 3. The summed E-state index contributed by atoms with van der Waals surface area (Å²) in [6, 6.07) is 16.9. The van der Waals surface area contributed by atoms with Crippen LogP contribution in [-0.4, -0.2) is 18.3 Å². The fourth-order valence-corrected chi connectivity index (χ4v) is 4.32. The van der Waals surface area contributed by atoms with Crippen molar-refractivity contribution in [3.8, 4) is 39.5 Å². The molecular weight excluding hydrogens is 640 g/mol. The lowest BCUT2D eigenvalue weighted by molar-refractivity contribution is -0.274. The molecule has 0 spiro atoms. The van der Waals surface area contributed by atoms with Gasteiger partial charge in [0.15, 0.2) is 0 Å². The van der Waals surface area contributed by atoms with Gasteiger partial charge in [-0.15, -0.1) is 13.2 Å². The van der Waals surface area contributed by atoms with E-state index in [1.807, 2.05) is 0 Å². The van der Waals surface area contributed by atoms with Gasteiger partial charge < -0.3 is 14.2 Å². The van der Waals surface area contributed by atoms with Crippen molar-refractivity contribution >= 4 is 11.9 Å². The first-order chi connectivity index (χ1) is 22.2. The predicted octanol–water partition coefficient (Wildman–Crippen LogP) is 9.53. The summed E-state index contributed by atoms with van der Waals surface area (Å²) in [7, 11) is 0. The van der Waals surface area contributed by atoms with E-state index in [0.29, 0.717) is 5.56 Å². The maximum atomic E-state index is 14.2. The van der Waals surface area contributed by atoms with E-state index in [0.717, 1.165) is 62.1 Å². The molecule has 2 saturated carbocycles. The van der Waals surface area contributed by atoms with E-state index in [4.69, 9.17) is 9.47 Å². The van der Waals surface area contributed by atoms with Crippen LogP contribution >= 0.6 is 0 Å². The SMILES string of the molecule is O=C(Oc1ccc(-c2ccc(OC(F)(F)F)cc2)c(F)c1)C1CC1.O=C(Oc1ccc(-c2cccc(C(F)(F)F)c2)c(F)c1)C1CC1. The second-order valence-corrected chi connectivity index (χ2v) is 10.8. The van der Waals surface area contributed by atoms with Gasteiger partial charge in [-0.3, -0.25) is 9.59 Å². The molecule has 5 nitrogen and oxygen atoms in total. The molecule has 47 heavy (non-hydrogen) atoms. The number of hydrogen-bond acceptors (Lipinski definition) is 5. The van der Waals surface area contributed by atoms with E-state index in [9.17, 15) is 44.7 Å². The van der Waals surface area contributed by atoms with Gasteiger partial charge in [-0.1, -0.05) is 24.3 Å². The fraction of sp³-hybridized carbons (Fsp3) is 0.235. The van der Waals surface area contributed by atoms with E-state index in [-0.39, 0.29) is 51.7 Å². The Hall–Kier alpha value is -4.94. The summed E-state index contributed by atoms with van der Waals surface area (Å²) in [5.74, 6) is -2.63.